The van der Waals surface area contributed by atoms with Gasteiger partial charge < -0.3 is 5.32 Å². The summed E-state index contributed by atoms with van der Waals surface area (Å²) in [6, 6.07) is 15.3. The minimum absolute atomic E-state index is 0.398. The summed E-state index contributed by atoms with van der Waals surface area (Å²) in [5, 5.41) is 5.15. The quantitative estimate of drug-likeness (QED) is 0.922. The van der Waals surface area contributed by atoms with Crippen molar-refractivity contribution < 1.29 is 0 Å². The highest BCUT2D eigenvalue weighted by Gasteiger charge is 2.32. The minimum Gasteiger partial charge on any atom is -0.312 e. The summed E-state index contributed by atoms with van der Waals surface area (Å²) < 4.78 is 0. The van der Waals surface area contributed by atoms with Gasteiger partial charge in [-0.05, 0) is 42.6 Å². The van der Waals surface area contributed by atoms with Crippen LogP contribution in [0.1, 0.15) is 36.4 Å². The summed E-state index contributed by atoms with van der Waals surface area (Å²) in [6.07, 6.45) is 3.06. The summed E-state index contributed by atoms with van der Waals surface area (Å²) in [4.78, 5) is 4.46. The molecule has 1 aliphatic carbocycles. The van der Waals surface area contributed by atoms with Gasteiger partial charge in [0.15, 0.2) is 0 Å². The molecule has 20 heavy (non-hydrogen) atoms. The first kappa shape index (κ1) is 13.7. The second-order valence-corrected chi connectivity index (χ2v) is 6.62. The third kappa shape index (κ3) is 2.60. The molecule has 0 aliphatic heterocycles. The molecule has 1 aromatic heterocycles. The molecule has 2 nitrogen and oxygen atoms in total. The van der Waals surface area contributed by atoms with E-state index in [0.717, 1.165) is 5.03 Å². The molecular formula is C17H20N2S. The standard InChI is InChI=1S/C17H20N2S/c1-12-11-15(20-16-9-5-6-10-19-16)17(18-2)14-8-4-3-7-13(12)14/h3-10,12,15,17-18H,11H2,1-2H3. The Morgan fingerprint density at radius 2 is 1.85 bits per heavy atom. The Labute approximate surface area is 125 Å². The van der Waals surface area contributed by atoms with Crippen molar-refractivity contribution in [2.45, 2.75) is 35.6 Å². The van der Waals surface area contributed by atoms with E-state index in [0.29, 0.717) is 17.2 Å². The van der Waals surface area contributed by atoms with Gasteiger partial charge in [0.2, 0.25) is 0 Å². The van der Waals surface area contributed by atoms with Crippen LogP contribution in [0.3, 0.4) is 0 Å². The van der Waals surface area contributed by atoms with E-state index in [2.05, 4.69) is 60.7 Å². The average molecular weight is 284 g/mol. The van der Waals surface area contributed by atoms with Crippen molar-refractivity contribution >= 4 is 11.8 Å². The van der Waals surface area contributed by atoms with Crippen LogP contribution in [0.15, 0.2) is 53.7 Å². The van der Waals surface area contributed by atoms with Crippen LogP contribution in [-0.2, 0) is 0 Å². The van der Waals surface area contributed by atoms with E-state index >= 15 is 0 Å². The Balaban J connectivity index is 1.90. The van der Waals surface area contributed by atoms with E-state index in [1.165, 1.54) is 17.5 Å². The zero-order valence-corrected chi connectivity index (χ0v) is 12.7. The molecule has 104 valence electrons. The van der Waals surface area contributed by atoms with E-state index in [1.54, 1.807) is 0 Å². The second-order valence-electron chi connectivity index (χ2n) is 5.36. The third-order valence-corrected chi connectivity index (χ3v) is 5.29. The Bertz CT molecular complexity index is 570. The molecule has 0 bridgehead atoms. The zero-order valence-electron chi connectivity index (χ0n) is 11.9. The lowest BCUT2D eigenvalue weighted by molar-refractivity contribution is 0.473. The van der Waals surface area contributed by atoms with Crippen molar-refractivity contribution in [2.75, 3.05) is 7.05 Å². The van der Waals surface area contributed by atoms with Gasteiger partial charge >= 0.3 is 0 Å². The highest BCUT2D eigenvalue weighted by molar-refractivity contribution is 7.99. The number of pyridine rings is 1. The van der Waals surface area contributed by atoms with Crippen LogP contribution in [0.4, 0.5) is 0 Å². The summed E-state index contributed by atoms with van der Waals surface area (Å²) in [6.45, 7) is 2.33. The predicted octanol–water partition coefficient (Wildman–Crippen LogP) is 4.01. The van der Waals surface area contributed by atoms with Gasteiger partial charge in [-0.25, -0.2) is 4.98 Å². The molecule has 0 saturated carbocycles. The van der Waals surface area contributed by atoms with Crippen LogP contribution in [0.5, 0.6) is 0 Å². The van der Waals surface area contributed by atoms with E-state index < -0.39 is 0 Å². The van der Waals surface area contributed by atoms with Crippen molar-refractivity contribution in [2.24, 2.45) is 0 Å². The van der Waals surface area contributed by atoms with Gasteiger partial charge in [-0.3, -0.25) is 0 Å². The maximum Gasteiger partial charge on any atom is 0.0963 e. The number of nitrogens with zero attached hydrogens (tertiary/aromatic N) is 1. The molecule has 0 amide bonds. The average Bonchev–Trinajstić information content (AvgIpc) is 2.49. The Kier molecular flexibility index (Phi) is 4.08. The van der Waals surface area contributed by atoms with Crippen molar-refractivity contribution in [3.05, 3.63) is 59.8 Å². The number of fused-ring (bicyclic) bond motifs is 1. The Hall–Kier alpha value is -1.32. The maximum atomic E-state index is 4.46. The molecule has 0 fully saturated rings. The molecule has 0 spiro atoms. The van der Waals surface area contributed by atoms with Crippen molar-refractivity contribution in [3.8, 4) is 0 Å². The molecule has 1 aromatic carbocycles. The van der Waals surface area contributed by atoms with Crippen LogP contribution in [0.2, 0.25) is 0 Å². The fourth-order valence-corrected chi connectivity index (χ4v) is 4.48. The van der Waals surface area contributed by atoms with Gasteiger partial charge in [0.25, 0.3) is 0 Å². The minimum atomic E-state index is 0.398. The molecule has 0 radical (unpaired) electrons. The summed E-state index contributed by atoms with van der Waals surface area (Å²) in [5.41, 5.74) is 2.94. The lowest BCUT2D eigenvalue weighted by Crippen LogP contribution is -2.33. The van der Waals surface area contributed by atoms with Gasteiger partial charge in [-0.1, -0.05) is 37.3 Å². The van der Waals surface area contributed by atoms with Gasteiger partial charge in [0, 0.05) is 17.5 Å². The lowest BCUT2D eigenvalue weighted by Gasteiger charge is -2.36. The highest BCUT2D eigenvalue weighted by atomic mass is 32.2. The predicted molar refractivity (Wildman–Crippen MR) is 85.2 cm³/mol. The number of nitrogens with one attached hydrogen (secondary N) is 1. The van der Waals surface area contributed by atoms with E-state index in [4.69, 9.17) is 0 Å². The molecule has 3 rings (SSSR count). The fourth-order valence-electron chi connectivity index (χ4n) is 3.08. The molecule has 1 N–H and O–H groups in total. The summed E-state index contributed by atoms with van der Waals surface area (Å²) in [7, 11) is 2.06. The van der Waals surface area contributed by atoms with Crippen LogP contribution in [0.25, 0.3) is 0 Å². The number of aromatic nitrogens is 1. The normalized spacial score (nSPS) is 25.2. The molecule has 3 heteroatoms. The number of hydrogen-bond acceptors (Lipinski definition) is 3. The number of hydrogen-bond donors (Lipinski definition) is 1. The van der Waals surface area contributed by atoms with Crippen LogP contribution < -0.4 is 5.32 Å². The lowest BCUT2D eigenvalue weighted by atomic mass is 9.81. The smallest absolute Gasteiger partial charge is 0.0963 e. The Morgan fingerprint density at radius 3 is 2.55 bits per heavy atom. The monoisotopic (exact) mass is 284 g/mol. The van der Waals surface area contributed by atoms with E-state index in [9.17, 15) is 0 Å². The second kappa shape index (κ2) is 5.98. The van der Waals surface area contributed by atoms with Gasteiger partial charge in [-0.2, -0.15) is 0 Å². The van der Waals surface area contributed by atoms with Crippen LogP contribution in [0, 0.1) is 0 Å². The van der Waals surface area contributed by atoms with Crippen molar-refractivity contribution in [1.29, 1.82) is 0 Å². The van der Waals surface area contributed by atoms with Gasteiger partial charge in [0.05, 0.1) is 5.03 Å². The van der Waals surface area contributed by atoms with Gasteiger partial charge in [-0.15, -0.1) is 11.8 Å². The molecule has 3 unspecified atom stereocenters. The first-order valence-corrected chi connectivity index (χ1v) is 8.01. The molecule has 2 aromatic rings. The molecule has 1 heterocycles. The maximum absolute atomic E-state index is 4.46. The number of benzene rings is 1. The molecule has 3 atom stereocenters. The van der Waals surface area contributed by atoms with Gasteiger partial charge in [0.1, 0.15) is 0 Å². The zero-order chi connectivity index (χ0) is 13.9. The van der Waals surface area contributed by atoms with Crippen LogP contribution in [-0.4, -0.2) is 17.3 Å². The number of thioether (sulfide) groups is 1. The summed E-state index contributed by atoms with van der Waals surface area (Å²) >= 11 is 1.89. The summed E-state index contributed by atoms with van der Waals surface area (Å²) in [5.74, 6) is 0.608. The third-order valence-electron chi connectivity index (χ3n) is 4.04. The number of rotatable bonds is 3. The van der Waals surface area contributed by atoms with Crippen LogP contribution >= 0.6 is 11.8 Å². The SMILES string of the molecule is CNC1c2ccccc2C(C)CC1Sc1ccccn1. The molecule has 1 aliphatic rings. The first-order chi connectivity index (χ1) is 9.79. The fraction of sp³-hybridized carbons (Fsp3) is 0.353. The largest absolute Gasteiger partial charge is 0.312 e. The highest BCUT2D eigenvalue weighted by Crippen LogP contribution is 2.44. The topological polar surface area (TPSA) is 24.9 Å². The molecule has 0 saturated heterocycles. The first-order valence-electron chi connectivity index (χ1n) is 7.13. The van der Waals surface area contributed by atoms with Crippen molar-refractivity contribution in [3.63, 3.8) is 0 Å². The van der Waals surface area contributed by atoms with E-state index in [1.807, 2.05) is 24.0 Å². The Morgan fingerprint density at radius 1 is 1.10 bits per heavy atom. The molecular weight excluding hydrogens is 264 g/mol. The van der Waals surface area contributed by atoms with E-state index in [-0.39, 0.29) is 0 Å². The van der Waals surface area contributed by atoms with Crippen molar-refractivity contribution in [1.82, 2.24) is 10.3 Å².